The van der Waals surface area contributed by atoms with Crippen LogP contribution >= 0.6 is 11.6 Å². The highest BCUT2D eigenvalue weighted by atomic mass is 35.5. The maximum Gasteiger partial charge on any atom is 0.213 e. The molecule has 0 aliphatic heterocycles. The number of rotatable bonds is 3. The molecule has 0 atom stereocenters. The van der Waals surface area contributed by atoms with Crippen LogP contribution in [0.5, 0.6) is 5.75 Å². The SMILES string of the molecule is COc1cc(Cl)ccc1CS(N)(=O)=O. The molecule has 78 valence electrons. The van der Waals surface area contributed by atoms with E-state index in [9.17, 15) is 8.42 Å². The third kappa shape index (κ3) is 3.17. The van der Waals surface area contributed by atoms with E-state index >= 15 is 0 Å². The Hall–Kier alpha value is -0.780. The van der Waals surface area contributed by atoms with Crippen LogP contribution in [-0.4, -0.2) is 15.5 Å². The Morgan fingerprint density at radius 2 is 2.14 bits per heavy atom. The third-order valence-electron chi connectivity index (χ3n) is 1.61. The van der Waals surface area contributed by atoms with Gasteiger partial charge in [0.15, 0.2) is 0 Å². The van der Waals surface area contributed by atoms with Crippen molar-refractivity contribution in [1.82, 2.24) is 0 Å². The molecule has 0 heterocycles. The van der Waals surface area contributed by atoms with Crippen LogP contribution in [0, 0.1) is 0 Å². The number of sulfonamides is 1. The van der Waals surface area contributed by atoms with E-state index in [0.29, 0.717) is 16.3 Å². The summed E-state index contributed by atoms with van der Waals surface area (Å²) >= 11 is 5.71. The molecule has 0 saturated carbocycles. The molecule has 0 aliphatic carbocycles. The summed E-state index contributed by atoms with van der Waals surface area (Å²) in [4.78, 5) is 0. The van der Waals surface area contributed by atoms with Crippen molar-refractivity contribution in [2.24, 2.45) is 5.14 Å². The molecule has 0 aromatic heterocycles. The number of benzene rings is 1. The molecule has 14 heavy (non-hydrogen) atoms. The third-order valence-corrected chi connectivity index (χ3v) is 2.55. The molecule has 2 N–H and O–H groups in total. The number of methoxy groups -OCH3 is 1. The highest BCUT2D eigenvalue weighted by Gasteiger charge is 2.10. The first-order valence-electron chi connectivity index (χ1n) is 3.75. The summed E-state index contributed by atoms with van der Waals surface area (Å²) in [5, 5.41) is 5.40. The number of primary sulfonamides is 1. The zero-order valence-electron chi connectivity index (χ0n) is 7.53. The van der Waals surface area contributed by atoms with E-state index in [4.69, 9.17) is 21.5 Å². The average Bonchev–Trinajstić information content (AvgIpc) is 2.06. The minimum atomic E-state index is -3.55. The lowest BCUT2D eigenvalue weighted by Crippen LogP contribution is -2.15. The number of hydrogen-bond donors (Lipinski definition) is 1. The van der Waals surface area contributed by atoms with Gasteiger partial charge in [0.25, 0.3) is 0 Å². The van der Waals surface area contributed by atoms with Crippen LogP contribution in [0.4, 0.5) is 0 Å². The number of nitrogens with two attached hydrogens (primary N) is 1. The molecular weight excluding hydrogens is 226 g/mol. The van der Waals surface area contributed by atoms with Crippen LogP contribution in [0.2, 0.25) is 5.02 Å². The van der Waals surface area contributed by atoms with E-state index in [1.54, 1.807) is 18.2 Å². The van der Waals surface area contributed by atoms with Crippen molar-refractivity contribution in [3.05, 3.63) is 28.8 Å². The molecule has 0 aliphatic rings. The first-order valence-corrected chi connectivity index (χ1v) is 5.84. The van der Waals surface area contributed by atoms with Gasteiger partial charge in [-0.15, -0.1) is 0 Å². The molecule has 1 aromatic rings. The standard InChI is InChI=1S/C8H10ClNO3S/c1-13-8-4-7(9)3-2-6(8)5-14(10,11)12/h2-4H,5H2,1H3,(H2,10,11,12). The fourth-order valence-corrected chi connectivity index (χ4v) is 1.89. The summed E-state index contributed by atoms with van der Waals surface area (Å²) in [5.41, 5.74) is 0.499. The molecule has 0 bridgehead atoms. The van der Waals surface area contributed by atoms with Gasteiger partial charge < -0.3 is 4.74 Å². The molecule has 1 aromatic carbocycles. The second-order valence-electron chi connectivity index (χ2n) is 2.76. The quantitative estimate of drug-likeness (QED) is 0.854. The van der Waals surface area contributed by atoms with E-state index in [1.165, 1.54) is 7.11 Å². The van der Waals surface area contributed by atoms with E-state index in [1.807, 2.05) is 0 Å². The fraction of sp³-hybridized carbons (Fsp3) is 0.250. The molecule has 0 unspecified atom stereocenters. The number of ether oxygens (including phenoxy) is 1. The predicted molar refractivity (Wildman–Crippen MR) is 54.8 cm³/mol. The number of halogens is 1. The molecule has 1 rings (SSSR count). The van der Waals surface area contributed by atoms with Crippen LogP contribution in [0.15, 0.2) is 18.2 Å². The molecule has 0 amide bonds. The first-order chi connectivity index (χ1) is 6.42. The van der Waals surface area contributed by atoms with Crippen molar-refractivity contribution in [2.75, 3.05) is 7.11 Å². The summed E-state index contributed by atoms with van der Waals surface area (Å²) in [6, 6.07) is 4.71. The van der Waals surface area contributed by atoms with Crippen LogP contribution in [0.3, 0.4) is 0 Å². The maximum atomic E-state index is 10.8. The van der Waals surface area contributed by atoms with Crippen LogP contribution in [0.1, 0.15) is 5.56 Å². The van der Waals surface area contributed by atoms with E-state index in [0.717, 1.165) is 0 Å². The Morgan fingerprint density at radius 1 is 1.50 bits per heavy atom. The van der Waals surface area contributed by atoms with Crippen molar-refractivity contribution in [3.63, 3.8) is 0 Å². The predicted octanol–water partition coefficient (Wildman–Crippen LogP) is 1.14. The monoisotopic (exact) mass is 235 g/mol. The summed E-state index contributed by atoms with van der Waals surface area (Å²) in [7, 11) is -2.10. The van der Waals surface area contributed by atoms with Crippen molar-refractivity contribution < 1.29 is 13.2 Å². The van der Waals surface area contributed by atoms with E-state index in [-0.39, 0.29) is 5.75 Å². The largest absolute Gasteiger partial charge is 0.496 e. The van der Waals surface area contributed by atoms with Gasteiger partial charge in [-0.05, 0) is 12.1 Å². The maximum absolute atomic E-state index is 10.8. The second-order valence-corrected chi connectivity index (χ2v) is 4.81. The highest BCUT2D eigenvalue weighted by molar-refractivity contribution is 7.88. The van der Waals surface area contributed by atoms with Gasteiger partial charge in [-0.2, -0.15) is 0 Å². The van der Waals surface area contributed by atoms with Gasteiger partial charge in [0.05, 0.1) is 12.9 Å². The van der Waals surface area contributed by atoms with Crippen LogP contribution < -0.4 is 9.88 Å². The topological polar surface area (TPSA) is 69.4 Å². The molecule has 6 heteroatoms. The van der Waals surface area contributed by atoms with Gasteiger partial charge in [0.2, 0.25) is 10.0 Å². The Morgan fingerprint density at radius 3 is 2.64 bits per heavy atom. The van der Waals surface area contributed by atoms with Crippen molar-refractivity contribution in [3.8, 4) is 5.75 Å². The fourth-order valence-electron chi connectivity index (χ4n) is 1.05. The summed E-state index contributed by atoms with van der Waals surface area (Å²) in [6.45, 7) is 0. The van der Waals surface area contributed by atoms with Gasteiger partial charge in [0, 0.05) is 10.6 Å². The Bertz CT molecular complexity index is 430. The molecule has 0 spiro atoms. The highest BCUT2D eigenvalue weighted by Crippen LogP contribution is 2.24. The van der Waals surface area contributed by atoms with Gasteiger partial charge in [-0.1, -0.05) is 17.7 Å². The second kappa shape index (κ2) is 4.16. The molecule has 0 saturated heterocycles. The lowest BCUT2D eigenvalue weighted by molar-refractivity contribution is 0.411. The Balaban J connectivity index is 3.09. The summed E-state index contributed by atoms with van der Waals surface area (Å²) < 4.78 is 26.7. The Kier molecular flexibility index (Phi) is 3.36. The normalized spacial score (nSPS) is 11.4. The zero-order chi connectivity index (χ0) is 10.8. The average molecular weight is 236 g/mol. The molecule has 4 nitrogen and oxygen atoms in total. The zero-order valence-corrected chi connectivity index (χ0v) is 9.10. The van der Waals surface area contributed by atoms with Crippen molar-refractivity contribution in [1.29, 1.82) is 0 Å². The van der Waals surface area contributed by atoms with Gasteiger partial charge in [-0.3, -0.25) is 0 Å². The van der Waals surface area contributed by atoms with Crippen LogP contribution in [0.25, 0.3) is 0 Å². The van der Waals surface area contributed by atoms with Gasteiger partial charge >= 0.3 is 0 Å². The molecule has 0 radical (unpaired) electrons. The first kappa shape index (κ1) is 11.3. The molecular formula is C8H10ClNO3S. The number of hydrogen-bond acceptors (Lipinski definition) is 3. The van der Waals surface area contributed by atoms with E-state index < -0.39 is 10.0 Å². The van der Waals surface area contributed by atoms with Crippen molar-refractivity contribution in [2.45, 2.75) is 5.75 Å². The minimum absolute atomic E-state index is 0.257. The van der Waals surface area contributed by atoms with Crippen LogP contribution in [-0.2, 0) is 15.8 Å². The van der Waals surface area contributed by atoms with Crippen molar-refractivity contribution >= 4 is 21.6 Å². The summed E-state index contributed by atoms with van der Waals surface area (Å²) in [5.74, 6) is 0.166. The minimum Gasteiger partial charge on any atom is -0.496 e. The van der Waals surface area contributed by atoms with Gasteiger partial charge in [-0.25, -0.2) is 13.6 Å². The van der Waals surface area contributed by atoms with E-state index in [2.05, 4.69) is 0 Å². The smallest absolute Gasteiger partial charge is 0.213 e. The molecule has 0 fully saturated rings. The lowest BCUT2D eigenvalue weighted by Gasteiger charge is -2.07. The summed E-state index contributed by atoms with van der Waals surface area (Å²) in [6.07, 6.45) is 0. The van der Waals surface area contributed by atoms with Gasteiger partial charge in [0.1, 0.15) is 5.75 Å². The Labute approximate surface area is 87.7 Å². The lowest BCUT2D eigenvalue weighted by atomic mass is 10.2.